The van der Waals surface area contributed by atoms with Crippen LogP contribution in [-0.4, -0.2) is 19.5 Å². The van der Waals surface area contributed by atoms with Gasteiger partial charge in [-0.3, -0.25) is 0 Å². The third kappa shape index (κ3) is 4.31. The summed E-state index contributed by atoms with van der Waals surface area (Å²) in [7, 11) is 1.60. The number of thiol groups is 1. The van der Waals surface area contributed by atoms with E-state index in [1.54, 1.807) is 19.2 Å². The van der Waals surface area contributed by atoms with E-state index in [2.05, 4.69) is 18.7 Å². The minimum atomic E-state index is 0.162. The molecule has 21 heavy (non-hydrogen) atoms. The highest BCUT2D eigenvalue weighted by Crippen LogP contribution is 2.37. The fraction of sp³-hybridized carbons (Fsp3) is 0.588. The van der Waals surface area contributed by atoms with Gasteiger partial charge in [-0.05, 0) is 30.7 Å². The number of hydrogen-bond acceptors (Lipinski definition) is 4. The van der Waals surface area contributed by atoms with Crippen LogP contribution in [0.15, 0.2) is 18.2 Å². The Morgan fingerprint density at radius 2 is 1.81 bits per heavy atom. The van der Waals surface area contributed by atoms with Gasteiger partial charge in [-0.15, -0.1) is 0 Å². The van der Waals surface area contributed by atoms with Crippen molar-refractivity contribution in [3.05, 3.63) is 23.8 Å². The van der Waals surface area contributed by atoms with Crippen molar-refractivity contribution in [3.8, 4) is 17.6 Å². The Kier molecular flexibility index (Phi) is 5.81. The van der Waals surface area contributed by atoms with E-state index in [0.29, 0.717) is 23.7 Å². The zero-order chi connectivity index (χ0) is 15.1. The number of hydrogen-bond donors (Lipinski definition) is 1. The summed E-state index contributed by atoms with van der Waals surface area (Å²) in [5, 5.41) is 9.06. The lowest BCUT2D eigenvalue weighted by molar-refractivity contribution is 0.148. The van der Waals surface area contributed by atoms with Gasteiger partial charge in [0.15, 0.2) is 0 Å². The first kappa shape index (κ1) is 16.0. The van der Waals surface area contributed by atoms with Crippen LogP contribution < -0.4 is 9.47 Å². The Hall–Kier alpha value is -1.34. The molecule has 1 aliphatic rings. The smallest absolute Gasteiger partial charge is 0.124 e. The average molecular weight is 305 g/mol. The third-order valence-corrected chi connectivity index (χ3v) is 4.96. The van der Waals surface area contributed by atoms with Crippen LogP contribution in [-0.2, 0) is 0 Å². The molecule has 0 radical (unpaired) electrons. The van der Waals surface area contributed by atoms with E-state index in [-0.39, 0.29) is 5.41 Å². The second-order valence-electron chi connectivity index (χ2n) is 5.87. The third-order valence-electron chi connectivity index (χ3n) is 4.29. The largest absolute Gasteiger partial charge is 0.497 e. The Bertz CT molecular complexity index is 502. The molecule has 0 saturated heterocycles. The lowest BCUT2D eigenvalue weighted by Gasteiger charge is -2.31. The highest BCUT2D eigenvalue weighted by atomic mass is 32.1. The van der Waals surface area contributed by atoms with Crippen molar-refractivity contribution in [1.29, 1.82) is 5.26 Å². The minimum absolute atomic E-state index is 0.162. The van der Waals surface area contributed by atoms with E-state index in [1.807, 2.05) is 6.07 Å². The van der Waals surface area contributed by atoms with Crippen molar-refractivity contribution >= 4 is 12.6 Å². The number of rotatable bonds is 5. The monoisotopic (exact) mass is 305 g/mol. The molecular weight excluding hydrogens is 282 g/mol. The van der Waals surface area contributed by atoms with Gasteiger partial charge in [0.2, 0.25) is 0 Å². The minimum Gasteiger partial charge on any atom is -0.497 e. The summed E-state index contributed by atoms with van der Waals surface area (Å²) in [4.78, 5) is 0. The molecule has 4 heteroatoms. The van der Waals surface area contributed by atoms with E-state index >= 15 is 0 Å². The van der Waals surface area contributed by atoms with Crippen LogP contribution in [0.2, 0.25) is 0 Å². The highest BCUT2D eigenvalue weighted by molar-refractivity contribution is 7.80. The quantitative estimate of drug-likeness (QED) is 0.654. The maximum atomic E-state index is 9.06. The molecule has 1 aromatic carbocycles. The zero-order valence-electron chi connectivity index (χ0n) is 12.6. The van der Waals surface area contributed by atoms with Crippen LogP contribution in [0.25, 0.3) is 0 Å². The predicted octanol–water partition coefficient (Wildman–Crippen LogP) is 4.22. The standard InChI is InChI=1S/C17H23NO2S/c1-19-15-8-14(11-18)9-16(10-15)20-12-17(13-21)6-4-2-3-5-7-17/h8-10,21H,2-7,12-13H2,1H3. The molecule has 0 N–H and O–H groups in total. The van der Waals surface area contributed by atoms with E-state index in [1.165, 1.54) is 38.5 Å². The van der Waals surface area contributed by atoms with Crippen LogP contribution >= 0.6 is 12.6 Å². The van der Waals surface area contributed by atoms with E-state index in [0.717, 1.165) is 5.75 Å². The molecule has 0 bridgehead atoms. The van der Waals surface area contributed by atoms with Crippen molar-refractivity contribution in [1.82, 2.24) is 0 Å². The summed E-state index contributed by atoms with van der Waals surface area (Å²) in [6.07, 6.45) is 7.48. The van der Waals surface area contributed by atoms with E-state index < -0.39 is 0 Å². The Morgan fingerprint density at radius 3 is 2.38 bits per heavy atom. The van der Waals surface area contributed by atoms with Crippen LogP contribution in [0.1, 0.15) is 44.1 Å². The maximum absolute atomic E-state index is 9.06. The van der Waals surface area contributed by atoms with Crippen molar-refractivity contribution in [2.24, 2.45) is 5.41 Å². The Balaban J connectivity index is 2.08. The molecule has 0 unspecified atom stereocenters. The van der Waals surface area contributed by atoms with Gasteiger partial charge in [0.1, 0.15) is 11.5 Å². The van der Waals surface area contributed by atoms with Gasteiger partial charge < -0.3 is 9.47 Å². The molecule has 0 atom stereocenters. The van der Waals surface area contributed by atoms with Crippen LogP contribution in [0.3, 0.4) is 0 Å². The number of ether oxygens (including phenoxy) is 2. The van der Waals surface area contributed by atoms with E-state index in [9.17, 15) is 0 Å². The fourth-order valence-corrected chi connectivity index (χ4v) is 3.31. The Labute approximate surface area is 132 Å². The number of nitriles is 1. The molecule has 1 aromatic rings. The van der Waals surface area contributed by atoms with Gasteiger partial charge in [-0.25, -0.2) is 0 Å². The van der Waals surface area contributed by atoms with Crippen LogP contribution in [0, 0.1) is 16.7 Å². The molecule has 1 fully saturated rings. The van der Waals surface area contributed by atoms with Crippen LogP contribution in [0.4, 0.5) is 0 Å². The first-order valence-electron chi connectivity index (χ1n) is 7.54. The van der Waals surface area contributed by atoms with Gasteiger partial charge in [-0.1, -0.05) is 25.7 Å². The van der Waals surface area contributed by atoms with E-state index in [4.69, 9.17) is 14.7 Å². The molecule has 3 nitrogen and oxygen atoms in total. The molecule has 0 aromatic heterocycles. The fourth-order valence-electron chi connectivity index (χ4n) is 2.90. The van der Waals surface area contributed by atoms with Gasteiger partial charge >= 0.3 is 0 Å². The van der Waals surface area contributed by atoms with Crippen LogP contribution in [0.5, 0.6) is 11.5 Å². The average Bonchev–Trinajstić information content (AvgIpc) is 2.78. The lowest BCUT2D eigenvalue weighted by atomic mass is 9.83. The van der Waals surface area contributed by atoms with Crippen molar-refractivity contribution in [2.45, 2.75) is 38.5 Å². The molecule has 114 valence electrons. The summed E-state index contributed by atoms with van der Waals surface area (Å²) >= 11 is 4.56. The SMILES string of the molecule is COc1cc(C#N)cc(OCC2(CS)CCCCCC2)c1. The van der Waals surface area contributed by atoms with Gasteiger partial charge in [-0.2, -0.15) is 17.9 Å². The molecule has 0 aliphatic heterocycles. The normalized spacial score (nSPS) is 17.6. The van der Waals surface area contributed by atoms with Crippen molar-refractivity contribution in [2.75, 3.05) is 19.5 Å². The second kappa shape index (κ2) is 7.61. The molecule has 1 saturated carbocycles. The molecule has 0 amide bonds. The number of methoxy groups -OCH3 is 1. The molecule has 1 aliphatic carbocycles. The summed E-state index contributed by atoms with van der Waals surface area (Å²) in [6, 6.07) is 7.46. The highest BCUT2D eigenvalue weighted by Gasteiger charge is 2.30. The second-order valence-corrected chi connectivity index (χ2v) is 6.19. The molecular formula is C17H23NO2S. The summed E-state index contributed by atoms with van der Waals surface area (Å²) in [6.45, 7) is 0.661. The first-order valence-corrected chi connectivity index (χ1v) is 8.17. The van der Waals surface area contributed by atoms with Crippen molar-refractivity contribution < 1.29 is 9.47 Å². The van der Waals surface area contributed by atoms with Gasteiger partial charge in [0.25, 0.3) is 0 Å². The molecule has 2 rings (SSSR count). The summed E-state index contributed by atoms with van der Waals surface area (Å²) < 4.78 is 11.2. The maximum Gasteiger partial charge on any atom is 0.124 e. The van der Waals surface area contributed by atoms with Gasteiger partial charge in [0.05, 0.1) is 25.3 Å². The summed E-state index contributed by atoms with van der Waals surface area (Å²) in [5.41, 5.74) is 0.723. The predicted molar refractivity (Wildman–Crippen MR) is 87.2 cm³/mol. The topological polar surface area (TPSA) is 42.2 Å². The zero-order valence-corrected chi connectivity index (χ0v) is 13.5. The summed E-state index contributed by atoms with van der Waals surface area (Å²) in [5.74, 6) is 2.21. The number of benzene rings is 1. The first-order chi connectivity index (χ1) is 10.2. The van der Waals surface area contributed by atoms with Crippen molar-refractivity contribution in [3.63, 3.8) is 0 Å². The number of nitrogens with zero attached hydrogens (tertiary/aromatic N) is 1. The molecule has 0 heterocycles. The Morgan fingerprint density at radius 1 is 1.14 bits per heavy atom. The van der Waals surface area contributed by atoms with Gasteiger partial charge in [0, 0.05) is 11.5 Å². The lowest BCUT2D eigenvalue weighted by Crippen LogP contribution is -2.30. The molecule has 0 spiro atoms.